The van der Waals surface area contributed by atoms with Gasteiger partial charge in [0.15, 0.2) is 10.5 Å². The smallest absolute Gasteiger partial charge is 0.297 e. The molecule has 0 saturated carbocycles. The minimum atomic E-state index is -0.135. The van der Waals surface area contributed by atoms with Crippen LogP contribution in [0.1, 0.15) is 51.8 Å². The first-order valence-corrected chi connectivity index (χ1v) is 14.0. The van der Waals surface area contributed by atoms with Crippen LogP contribution in [0.2, 0.25) is 0 Å². The molecule has 0 aliphatic rings. The molecule has 0 aliphatic carbocycles. The molecule has 0 saturated heterocycles. The lowest BCUT2D eigenvalue weighted by molar-refractivity contribution is 0.403. The summed E-state index contributed by atoms with van der Waals surface area (Å²) >= 11 is 1.54. The van der Waals surface area contributed by atoms with Gasteiger partial charge in [-0.15, -0.1) is 11.3 Å². The highest BCUT2D eigenvalue weighted by molar-refractivity contribution is 7.07. The molecule has 0 N–H and O–H groups in total. The first-order chi connectivity index (χ1) is 18.3. The summed E-state index contributed by atoms with van der Waals surface area (Å²) in [6, 6.07) is 15.7. The number of para-hydroxylation sites is 1. The van der Waals surface area contributed by atoms with Crippen LogP contribution in [0, 0.1) is 12.8 Å². The number of rotatable bonds is 10. The molecule has 1 atom stereocenters. The third-order valence-corrected chi connectivity index (χ3v) is 7.84. The summed E-state index contributed by atoms with van der Waals surface area (Å²) in [4.78, 5) is 19.4. The van der Waals surface area contributed by atoms with Gasteiger partial charge < -0.3 is 14.0 Å². The van der Waals surface area contributed by atoms with E-state index in [2.05, 4.69) is 30.7 Å². The van der Waals surface area contributed by atoms with Gasteiger partial charge in [0.2, 0.25) is 0 Å². The minimum absolute atomic E-state index is 0.135. The summed E-state index contributed by atoms with van der Waals surface area (Å²) < 4.78 is 17.0. The monoisotopic (exact) mass is 534 g/mol. The summed E-state index contributed by atoms with van der Waals surface area (Å²) in [6.07, 6.45) is 3.28. The minimum Gasteiger partial charge on any atom is -0.497 e. The Morgan fingerprint density at radius 3 is 2.39 bits per heavy atom. The summed E-state index contributed by atoms with van der Waals surface area (Å²) in [5.41, 5.74) is 3.87. The van der Waals surface area contributed by atoms with Crippen molar-refractivity contribution < 1.29 is 9.47 Å². The van der Waals surface area contributed by atoms with Crippen LogP contribution in [0.25, 0.3) is 16.9 Å². The average Bonchev–Trinajstić information content (AvgIpc) is 3.43. The van der Waals surface area contributed by atoms with Crippen molar-refractivity contribution in [2.24, 2.45) is 18.0 Å². The summed E-state index contributed by atoms with van der Waals surface area (Å²) in [6.45, 7) is 8.68. The van der Waals surface area contributed by atoms with Crippen LogP contribution in [0.5, 0.6) is 11.5 Å². The number of ether oxygens (including phenoxy) is 2. The average molecular weight is 535 g/mol. The van der Waals surface area contributed by atoms with Crippen molar-refractivity contribution in [2.45, 2.75) is 53.0 Å². The molecule has 0 amide bonds. The van der Waals surface area contributed by atoms with Crippen LogP contribution in [-0.4, -0.2) is 28.2 Å². The molecule has 0 bridgehead atoms. The van der Waals surface area contributed by atoms with Gasteiger partial charge in [-0.25, -0.2) is 9.67 Å². The highest BCUT2D eigenvalue weighted by Crippen LogP contribution is 2.36. The predicted octanol–water partition coefficient (Wildman–Crippen LogP) is 6.65. The molecular weight excluding hydrogens is 496 g/mol. The van der Waals surface area contributed by atoms with E-state index in [-0.39, 0.29) is 11.6 Å². The number of hydrogen-bond donors (Lipinski definition) is 0. The number of hydrogen-bond acceptors (Lipinski definition) is 5. The van der Waals surface area contributed by atoms with Gasteiger partial charge in [-0.05, 0) is 56.5 Å². The molecule has 4 rings (SSSR count). The molecule has 2 aromatic heterocycles. The Kier molecular flexibility index (Phi) is 8.62. The van der Waals surface area contributed by atoms with E-state index in [1.54, 1.807) is 18.9 Å². The van der Waals surface area contributed by atoms with Crippen LogP contribution in [-0.2, 0) is 7.05 Å². The second kappa shape index (κ2) is 11.9. The van der Waals surface area contributed by atoms with Crippen LogP contribution < -0.4 is 19.8 Å². The molecule has 0 radical (unpaired) electrons. The van der Waals surface area contributed by atoms with Gasteiger partial charge in [0.25, 0.3) is 5.56 Å². The third kappa shape index (κ3) is 5.50. The highest BCUT2D eigenvalue weighted by Gasteiger charge is 2.20. The Morgan fingerprint density at radius 1 is 1.00 bits per heavy atom. The van der Waals surface area contributed by atoms with Crippen molar-refractivity contribution in [2.75, 3.05) is 14.2 Å². The molecule has 1 unspecified atom stereocenters. The standard InChI is InChI=1S/C30H38N4O3S/c1-20(2)12-11-13-21(3)33-26(25-18-24(36-6)16-17-27(25)37-7)19-38-30(33)31-28-22(4)32(5)34(29(28)35)23-14-9-8-10-15-23/h8-10,14-21H,11-13H2,1-7H3. The van der Waals surface area contributed by atoms with Crippen LogP contribution >= 0.6 is 11.3 Å². The fourth-order valence-electron chi connectivity index (χ4n) is 4.77. The maximum atomic E-state index is 13.6. The van der Waals surface area contributed by atoms with Crippen LogP contribution in [0.15, 0.2) is 63.7 Å². The van der Waals surface area contributed by atoms with E-state index in [1.807, 2.05) is 67.2 Å². The van der Waals surface area contributed by atoms with E-state index in [0.717, 1.165) is 51.8 Å². The molecular formula is C30H38N4O3S. The van der Waals surface area contributed by atoms with Gasteiger partial charge in [0.1, 0.15) is 11.5 Å². The van der Waals surface area contributed by atoms with Crippen molar-refractivity contribution in [3.63, 3.8) is 0 Å². The topological polar surface area (TPSA) is 62.7 Å². The van der Waals surface area contributed by atoms with Gasteiger partial charge in [-0.1, -0.05) is 44.9 Å². The molecule has 7 nitrogen and oxygen atoms in total. The number of benzene rings is 2. The second-order valence-electron chi connectivity index (χ2n) is 10.0. The van der Waals surface area contributed by atoms with E-state index >= 15 is 0 Å². The summed E-state index contributed by atoms with van der Waals surface area (Å²) in [5.74, 6) is 2.18. The van der Waals surface area contributed by atoms with Crippen molar-refractivity contribution in [3.05, 3.63) is 74.8 Å². The summed E-state index contributed by atoms with van der Waals surface area (Å²) in [7, 11) is 5.24. The van der Waals surface area contributed by atoms with Gasteiger partial charge >= 0.3 is 0 Å². The Morgan fingerprint density at radius 2 is 1.74 bits per heavy atom. The Hall–Kier alpha value is -3.52. The molecule has 38 heavy (non-hydrogen) atoms. The fourth-order valence-corrected chi connectivity index (χ4v) is 5.76. The predicted molar refractivity (Wildman–Crippen MR) is 155 cm³/mol. The highest BCUT2D eigenvalue weighted by atomic mass is 32.1. The zero-order chi connectivity index (χ0) is 27.4. The number of methoxy groups -OCH3 is 2. The Labute approximate surface area is 228 Å². The molecule has 0 spiro atoms. The largest absolute Gasteiger partial charge is 0.497 e. The zero-order valence-corrected chi connectivity index (χ0v) is 24.2. The molecule has 0 fully saturated rings. The zero-order valence-electron chi connectivity index (χ0n) is 23.4. The molecule has 2 aromatic carbocycles. The molecule has 8 heteroatoms. The van der Waals surface area contributed by atoms with E-state index in [0.29, 0.717) is 11.6 Å². The maximum Gasteiger partial charge on any atom is 0.297 e. The Balaban J connectivity index is 1.91. The van der Waals surface area contributed by atoms with Gasteiger partial charge in [0.05, 0.1) is 31.3 Å². The van der Waals surface area contributed by atoms with Gasteiger partial charge in [0, 0.05) is 24.0 Å². The first kappa shape index (κ1) is 27.5. The van der Waals surface area contributed by atoms with E-state index in [4.69, 9.17) is 14.5 Å². The van der Waals surface area contributed by atoms with Gasteiger partial charge in [-0.3, -0.25) is 9.48 Å². The lowest BCUT2D eigenvalue weighted by Gasteiger charge is -2.19. The van der Waals surface area contributed by atoms with Crippen LogP contribution in [0.4, 0.5) is 5.69 Å². The SMILES string of the molecule is COc1ccc(OC)c(-c2csc(=Nc3c(C)n(C)n(-c4ccccc4)c3=O)n2C(C)CCCC(C)C)c1. The number of nitrogens with zero attached hydrogens (tertiary/aromatic N) is 4. The maximum absolute atomic E-state index is 13.6. The normalized spacial score (nSPS) is 12.8. The lowest BCUT2D eigenvalue weighted by atomic mass is 10.0. The molecule has 0 aliphatic heterocycles. The molecule has 2 heterocycles. The number of thiazole rings is 1. The van der Waals surface area contributed by atoms with Crippen molar-refractivity contribution >= 4 is 17.0 Å². The fraction of sp³-hybridized carbons (Fsp3) is 0.400. The molecule has 4 aromatic rings. The first-order valence-electron chi connectivity index (χ1n) is 13.1. The lowest BCUT2D eigenvalue weighted by Crippen LogP contribution is -2.22. The quantitative estimate of drug-likeness (QED) is 0.229. The van der Waals surface area contributed by atoms with Crippen molar-refractivity contribution in [1.82, 2.24) is 13.9 Å². The Bertz CT molecular complexity index is 1510. The van der Waals surface area contributed by atoms with E-state index in [9.17, 15) is 4.79 Å². The van der Waals surface area contributed by atoms with E-state index < -0.39 is 0 Å². The molecule has 202 valence electrons. The van der Waals surface area contributed by atoms with Crippen LogP contribution in [0.3, 0.4) is 0 Å². The van der Waals surface area contributed by atoms with E-state index in [1.165, 1.54) is 17.8 Å². The number of aromatic nitrogens is 3. The van der Waals surface area contributed by atoms with Crippen molar-refractivity contribution in [3.8, 4) is 28.4 Å². The second-order valence-corrected chi connectivity index (χ2v) is 10.9. The van der Waals surface area contributed by atoms with Crippen molar-refractivity contribution in [1.29, 1.82) is 0 Å². The van der Waals surface area contributed by atoms with Gasteiger partial charge in [-0.2, -0.15) is 0 Å². The third-order valence-electron chi connectivity index (χ3n) is 7.00. The summed E-state index contributed by atoms with van der Waals surface area (Å²) in [5, 5.41) is 2.10.